The zero-order valence-electron chi connectivity index (χ0n) is 15.9. The van der Waals surface area contributed by atoms with E-state index in [9.17, 15) is 9.18 Å². The van der Waals surface area contributed by atoms with E-state index in [0.29, 0.717) is 25.2 Å². The summed E-state index contributed by atoms with van der Waals surface area (Å²) in [6.07, 6.45) is 1.86. The molecular weight excluding hydrogens is 395 g/mol. The average molecular weight is 421 g/mol. The zero-order valence-corrected chi connectivity index (χ0v) is 17.4. The summed E-state index contributed by atoms with van der Waals surface area (Å²) in [5.41, 5.74) is 1.82. The van der Waals surface area contributed by atoms with E-state index in [2.05, 4.69) is 10.2 Å². The van der Waals surface area contributed by atoms with Gasteiger partial charge in [-0.1, -0.05) is 48.0 Å². The smallest absolute Gasteiger partial charge is 0.224 e. The van der Waals surface area contributed by atoms with Crippen LogP contribution in [-0.2, 0) is 17.1 Å². The molecule has 0 bridgehead atoms. The lowest BCUT2D eigenvalue weighted by Gasteiger charge is -2.32. The highest BCUT2D eigenvalue weighted by molar-refractivity contribution is 7.98. The maximum Gasteiger partial charge on any atom is 0.224 e. The zero-order chi connectivity index (χ0) is 19.8. The van der Waals surface area contributed by atoms with Crippen molar-refractivity contribution in [1.29, 1.82) is 0 Å². The highest BCUT2D eigenvalue weighted by Gasteiger charge is 2.25. The van der Waals surface area contributed by atoms with Crippen molar-refractivity contribution in [2.75, 3.05) is 25.4 Å². The van der Waals surface area contributed by atoms with Crippen LogP contribution in [0.1, 0.15) is 24.0 Å². The molecule has 2 aromatic rings. The summed E-state index contributed by atoms with van der Waals surface area (Å²) in [4.78, 5) is 14.7. The molecule has 0 spiro atoms. The molecular formula is C22H26ClFN2OS. The van der Waals surface area contributed by atoms with E-state index < -0.39 is 0 Å². The number of nitrogens with one attached hydrogen (secondary N) is 1. The molecule has 1 heterocycles. The van der Waals surface area contributed by atoms with Crippen LogP contribution in [0.15, 0.2) is 48.5 Å². The predicted octanol–water partition coefficient (Wildman–Crippen LogP) is 4.74. The van der Waals surface area contributed by atoms with E-state index in [-0.39, 0.29) is 17.6 Å². The van der Waals surface area contributed by atoms with Gasteiger partial charge in [0, 0.05) is 41.7 Å². The number of likely N-dealkylation sites (tertiary alicyclic amines) is 1. The molecule has 1 atom stereocenters. The molecule has 28 heavy (non-hydrogen) atoms. The second-order valence-corrected chi connectivity index (χ2v) is 8.61. The molecule has 1 amide bonds. The summed E-state index contributed by atoms with van der Waals surface area (Å²) in [5.74, 6) is 1.60. The largest absolute Gasteiger partial charge is 0.355 e. The number of amides is 1. The van der Waals surface area contributed by atoms with Gasteiger partial charge >= 0.3 is 0 Å². The van der Waals surface area contributed by atoms with Gasteiger partial charge < -0.3 is 5.32 Å². The monoisotopic (exact) mass is 420 g/mol. The van der Waals surface area contributed by atoms with Crippen LogP contribution in [0.4, 0.5) is 4.39 Å². The van der Waals surface area contributed by atoms with Crippen LogP contribution in [-0.4, -0.2) is 36.2 Å². The van der Waals surface area contributed by atoms with E-state index in [0.717, 1.165) is 41.5 Å². The molecule has 1 aliphatic heterocycles. The van der Waals surface area contributed by atoms with Crippen molar-refractivity contribution >= 4 is 29.3 Å². The van der Waals surface area contributed by atoms with Gasteiger partial charge in [-0.3, -0.25) is 9.69 Å². The number of thioether (sulfide) groups is 1. The lowest BCUT2D eigenvalue weighted by Crippen LogP contribution is -2.43. The predicted molar refractivity (Wildman–Crippen MR) is 115 cm³/mol. The molecule has 0 radical (unpaired) electrons. The lowest BCUT2D eigenvalue weighted by molar-refractivity contribution is -0.126. The van der Waals surface area contributed by atoms with Crippen LogP contribution in [0.5, 0.6) is 0 Å². The van der Waals surface area contributed by atoms with Crippen LogP contribution in [0.25, 0.3) is 0 Å². The van der Waals surface area contributed by atoms with Crippen molar-refractivity contribution < 1.29 is 9.18 Å². The Morgan fingerprint density at radius 3 is 2.71 bits per heavy atom. The molecule has 1 N–H and O–H groups in total. The molecule has 1 aliphatic rings. The maximum atomic E-state index is 13.9. The highest BCUT2D eigenvalue weighted by Crippen LogP contribution is 2.21. The fourth-order valence-corrected chi connectivity index (χ4v) is 4.61. The first kappa shape index (κ1) is 21.2. The number of carbonyl (C=O) groups excluding carboxylic acids is 1. The van der Waals surface area contributed by atoms with Crippen LogP contribution in [0.3, 0.4) is 0 Å². The fourth-order valence-electron chi connectivity index (χ4n) is 3.47. The Morgan fingerprint density at radius 1 is 1.18 bits per heavy atom. The summed E-state index contributed by atoms with van der Waals surface area (Å²) < 4.78 is 13.9. The lowest BCUT2D eigenvalue weighted by atomic mass is 9.96. The van der Waals surface area contributed by atoms with E-state index in [1.807, 2.05) is 36.4 Å². The number of carbonyl (C=O) groups is 1. The minimum Gasteiger partial charge on any atom is -0.355 e. The minimum atomic E-state index is -0.176. The Kier molecular flexibility index (Phi) is 8.19. The van der Waals surface area contributed by atoms with Gasteiger partial charge in [-0.15, -0.1) is 0 Å². The number of hydrogen-bond donors (Lipinski definition) is 1. The van der Waals surface area contributed by atoms with Crippen molar-refractivity contribution in [2.24, 2.45) is 5.92 Å². The van der Waals surface area contributed by atoms with Gasteiger partial charge in [0.05, 0.1) is 5.92 Å². The number of halogens is 2. The Balaban J connectivity index is 1.38. The Bertz CT molecular complexity index is 789. The molecule has 3 nitrogen and oxygen atoms in total. The van der Waals surface area contributed by atoms with Gasteiger partial charge in [-0.05, 0) is 37.1 Å². The van der Waals surface area contributed by atoms with Gasteiger partial charge in [0.1, 0.15) is 5.82 Å². The molecule has 0 aliphatic carbocycles. The first-order valence-corrected chi connectivity index (χ1v) is 11.2. The first-order chi connectivity index (χ1) is 13.6. The van der Waals surface area contributed by atoms with Crippen molar-refractivity contribution in [3.05, 3.63) is 70.5 Å². The van der Waals surface area contributed by atoms with Crippen molar-refractivity contribution in [1.82, 2.24) is 10.2 Å². The molecule has 1 fully saturated rings. The van der Waals surface area contributed by atoms with Gasteiger partial charge in [0.2, 0.25) is 5.91 Å². The third kappa shape index (κ3) is 6.23. The number of benzene rings is 2. The van der Waals surface area contributed by atoms with Crippen molar-refractivity contribution in [2.45, 2.75) is 25.1 Å². The Labute approximate surface area is 175 Å². The molecule has 1 saturated heterocycles. The van der Waals surface area contributed by atoms with E-state index in [1.54, 1.807) is 17.8 Å². The molecule has 0 saturated carbocycles. The second-order valence-electron chi connectivity index (χ2n) is 7.10. The second kappa shape index (κ2) is 10.8. The normalized spacial score (nSPS) is 17.4. The summed E-state index contributed by atoms with van der Waals surface area (Å²) >= 11 is 7.92. The summed E-state index contributed by atoms with van der Waals surface area (Å²) in [5, 5.41) is 3.84. The summed E-state index contributed by atoms with van der Waals surface area (Å²) in [7, 11) is 0. The van der Waals surface area contributed by atoms with Gasteiger partial charge in [0.25, 0.3) is 0 Å². The standard InChI is InChI=1S/C22H26ClFN2OS/c23-20-9-3-1-7-19(20)16-28-13-11-25-22(27)18-8-5-12-26(15-18)14-17-6-2-4-10-21(17)24/h1-4,6-7,9-10,18H,5,8,11-16H2,(H,25,27). The quantitative estimate of drug-likeness (QED) is 0.626. The van der Waals surface area contributed by atoms with Crippen LogP contribution < -0.4 is 5.32 Å². The molecule has 1 unspecified atom stereocenters. The molecule has 2 aromatic carbocycles. The van der Waals surface area contributed by atoms with Crippen molar-refractivity contribution in [3.63, 3.8) is 0 Å². The fraction of sp³-hybridized carbons (Fsp3) is 0.409. The average Bonchev–Trinajstić information content (AvgIpc) is 2.71. The number of rotatable bonds is 8. The molecule has 0 aromatic heterocycles. The Hall–Kier alpha value is -1.56. The van der Waals surface area contributed by atoms with Gasteiger partial charge in [-0.2, -0.15) is 11.8 Å². The van der Waals surface area contributed by atoms with E-state index >= 15 is 0 Å². The molecule has 6 heteroatoms. The van der Waals surface area contributed by atoms with Crippen LogP contribution in [0, 0.1) is 11.7 Å². The maximum absolute atomic E-state index is 13.9. The topological polar surface area (TPSA) is 32.3 Å². The Morgan fingerprint density at radius 2 is 1.93 bits per heavy atom. The van der Waals surface area contributed by atoms with Crippen molar-refractivity contribution in [3.8, 4) is 0 Å². The molecule has 3 rings (SSSR count). The number of hydrogen-bond acceptors (Lipinski definition) is 3. The van der Waals surface area contributed by atoms with Gasteiger partial charge in [-0.25, -0.2) is 4.39 Å². The van der Waals surface area contributed by atoms with E-state index in [1.165, 1.54) is 6.07 Å². The van der Waals surface area contributed by atoms with Crippen LogP contribution >= 0.6 is 23.4 Å². The summed E-state index contributed by atoms with van der Waals surface area (Å²) in [6, 6.07) is 14.7. The van der Waals surface area contributed by atoms with Crippen LogP contribution in [0.2, 0.25) is 5.02 Å². The highest BCUT2D eigenvalue weighted by atomic mass is 35.5. The molecule has 150 valence electrons. The first-order valence-electron chi connectivity index (χ1n) is 9.68. The summed E-state index contributed by atoms with van der Waals surface area (Å²) in [6.45, 7) is 2.81. The SMILES string of the molecule is O=C(NCCSCc1ccccc1Cl)C1CCCN(Cc2ccccc2F)C1. The number of piperidine rings is 1. The third-order valence-electron chi connectivity index (χ3n) is 4.99. The number of nitrogens with zero attached hydrogens (tertiary/aromatic N) is 1. The van der Waals surface area contributed by atoms with Gasteiger partial charge in [0.15, 0.2) is 0 Å². The third-order valence-corrected chi connectivity index (χ3v) is 6.37. The minimum absolute atomic E-state index is 0.0194. The van der Waals surface area contributed by atoms with E-state index in [4.69, 9.17) is 11.6 Å².